The average Bonchev–Trinajstić information content (AvgIpc) is 3.38. The van der Waals surface area contributed by atoms with Crippen LogP contribution in [0, 0.1) is 12.8 Å². The van der Waals surface area contributed by atoms with Gasteiger partial charge in [0.15, 0.2) is 11.5 Å². The normalized spacial score (nSPS) is 17.9. The van der Waals surface area contributed by atoms with E-state index in [0.29, 0.717) is 23.0 Å². The lowest BCUT2D eigenvalue weighted by molar-refractivity contribution is -0.119. The first kappa shape index (κ1) is 20.5. The number of nitrogens with one attached hydrogen (secondary N) is 1. The van der Waals surface area contributed by atoms with Crippen LogP contribution in [0.3, 0.4) is 0 Å². The number of carbonyl (C=O) groups excluding carboxylic acids is 2. The fourth-order valence-corrected chi connectivity index (χ4v) is 3.69. The molecule has 2 aromatic rings. The Bertz CT molecular complexity index is 1130. The topological polar surface area (TPSA) is 107 Å². The van der Waals surface area contributed by atoms with Crippen LogP contribution in [-0.2, 0) is 9.59 Å². The van der Waals surface area contributed by atoms with Crippen molar-refractivity contribution in [1.29, 1.82) is 0 Å². The zero-order valence-corrected chi connectivity index (χ0v) is 17.6. The van der Waals surface area contributed by atoms with Crippen LogP contribution >= 0.6 is 0 Å². The van der Waals surface area contributed by atoms with E-state index in [4.69, 9.17) is 9.47 Å². The second-order valence-corrected chi connectivity index (χ2v) is 7.32. The van der Waals surface area contributed by atoms with Crippen molar-refractivity contribution < 1.29 is 19.1 Å². The largest absolute Gasteiger partial charge is 0.493 e. The number of fused-ring (bicyclic) bond motifs is 1. The van der Waals surface area contributed by atoms with Gasteiger partial charge in [-0.25, -0.2) is 4.99 Å². The second kappa shape index (κ2) is 8.55. The van der Waals surface area contributed by atoms with Crippen molar-refractivity contribution in [2.24, 2.45) is 15.9 Å². The van der Waals surface area contributed by atoms with Gasteiger partial charge >= 0.3 is 0 Å². The van der Waals surface area contributed by atoms with E-state index in [2.05, 4.69) is 20.4 Å². The molecule has 0 bridgehead atoms. The number of aryl methyl sites for hydroxylation is 1. The number of hydrogen-bond donors (Lipinski definition) is 1. The summed E-state index contributed by atoms with van der Waals surface area (Å²) in [7, 11) is 3.12. The molecule has 0 spiro atoms. The van der Waals surface area contributed by atoms with E-state index in [1.807, 2.05) is 6.07 Å². The number of hydrogen-bond acceptors (Lipinski definition) is 6. The number of nitrogens with zero attached hydrogens (tertiary/aromatic N) is 4. The quantitative estimate of drug-likeness (QED) is 0.747. The van der Waals surface area contributed by atoms with Crippen molar-refractivity contribution in [1.82, 2.24) is 9.78 Å². The fraction of sp³-hybridized carbons (Fsp3) is 0.318. The first-order valence-corrected chi connectivity index (χ1v) is 9.96. The van der Waals surface area contributed by atoms with Gasteiger partial charge in [-0.05, 0) is 50.0 Å². The SMILES string of the molecule is COc1ccc(/C=C/C(=O)Nc2cc(C)nn2C2=NC(=O)C3CCCC3=N2)cc1OC. The number of methoxy groups -OCH3 is 2. The summed E-state index contributed by atoms with van der Waals surface area (Å²) in [4.78, 5) is 33.5. The average molecular weight is 421 g/mol. The number of aliphatic imine (C=N–C) groups is 2. The van der Waals surface area contributed by atoms with Gasteiger partial charge in [0.05, 0.1) is 25.8 Å². The molecule has 2 amide bonds. The Kier molecular flexibility index (Phi) is 5.66. The maximum atomic E-state index is 12.5. The molecule has 9 heteroatoms. The van der Waals surface area contributed by atoms with E-state index in [9.17, 15) is 9.59 Å². The van der Waals surface area contributed by atoms with Crippen molar-refractivity contribution >= 4 is 35.4 Å². The second-order valence-electron chi connectivity index (χ2n) is 7.32. The number of amides is 2. The maximum absolute atomic E-state index is 12.5. The molecule has 1 aromatic carbocycles. The van der Waals surface area contributed by atoms with Gasteiger partial charge in [-0.1, -0.05) is 6.07 Å². The molecule has 160 valence electrons. The monoisotopic (exact) mass is 421 g/mol. The molecule has 1 unspecified atom stereocenters. The van der Waals surface area contributed by atoms with E-state index in [-0.39, 0.29) is 23.7 Å². The molecule has 4 rings (SSSR count). The van der Waals surface area contributed by atoms with Crippen molar-refractivity contribution in [3.8, 4) is 11.5 Å². The Labute approximate surface area is 179 Å². The molecular formula is C22H23N5O4. The van der Waals surface area contributed by atoms with Crippen LogP contribution in [0.15, 0.2) is 40.3 Å². The van der Waals surface area contributed by atoms with Crippen molar-refractivity contribution in [2.75, 3.05) is 19.5 Å². The summed E-state index contributed by atoms with van der Waals surface area (Å²) in [5.41, 5.74) is 2.29. The molecule has 1 N–H and O–H groups in total. The van der Waals surface area contributed by atoms with E-state index >= 15 is 0 Å². The van der Waals surface area contributed by atoms with Gasteiger partial charge in [0.2, 0.25) is 5.91 Å². The van der Waals surface area contributed by atoms with Gasteiger partial charge in [-0.3, -0.25) is 9.59 Å². The third-order valence-corrected chi connectivity index (χ3v) is 5.19. The Morgan fingerprint density at radius 1 is 1.19 bits per heavy atom. The smallest absolute Gasteiger partial charge is 0.257 e. The van der Waals surface area contributed by atoms with Gasteiger partial charge in [0, 0.05) is 17.9 Å². The fourth-order valence-electron chi connectivity index (χ4n) is 3.69. The number of rotatable bonds is 5. The molecule has 1 saturated carbocycles. The van der Waals surface area contributed by atoms with Gasteiger partial charge in [-0.15, -0.1) is 0 Å². The molecule has 1 atom stereocenters. The third-order valence-electron chi connectivity index (χ3n) is 5.19. The molecule has 1 aliphatic heterocycles. The summed E-state index contributed by atoms with van der Waals surface area (Å²) in [6.07, 6.45) is 5.57. The van der Waals surface area contributed by atoms with Crippen LogP contribution in [0.2, 0.25) is 0 Å². The van der Waals surface area contributed by atoms with Crippen molar-refractivity contribution in [3.63, 3.8) is 0 Å². The van der Waals surface area contributed by atoms with Crippen LogP contribution in [-0.4, -0.2) is 47.5 Å². The molecule has 1 fully saturated rings. The Hall–Kier alpha value is -3.75. The minimum Gasteiger partial charge on any atom is -0.493 e. The maximum Gasteiger partial charge on any atom is 0.257 e. The summed E-state index contributed by atoms with van der Waals surface area (Å²) < 4.78 is 11.9. The zero-order chi connectivity index (χ0) is 22.0. The summed E-state index contributed by atoms with van der Waals surface area (Å²) >= 11 is 0. The number of benzene rings is 1. The number of carbonyl (C=O) groups is 2. The first-order valence-electron chi connectivity index (χ1n) is 9.96. The Morgan fingerprint density at radius 3 is 2.77 bits per heavy atom. The lowest BCUT2D eigenvalue weighted by Crippen LogP contribution is -2.28. The van der Waals surface area contributed by atoms with Gasteiger partial charge < -0.3 is 14.8 Å². The van der Waals surface area contributed by atoms with E-state index in [1.165, 1.54) is 10.8 Å². The minimum atomic E-state index is -0.356. The number of anilines is 1. The van der Waals surface area contributed by atoms with Gasteiger partial charge in [0.25, 0.3) is 11.9 Å². The summed E-state index contributed by atoms with van der Waals surface area (Å²) in [6, 6.07) is 7.06. The molecule has 0 saturated heterocycles. The predicted molar refractivity (Wildman–Crippen MR) is 117 cm³/mol. The summed E-state index contributed by atoms with van der Waals surface area (Å²) in [5, 5.41) is 7.14. The minimum absolute atomic E-state index is 0.186. The van der Waals surface area contributed by atoms with Crippen LogP contribution in [0.1, 0.15) is 30.5 Å². The van der Waals surface area contributed by atoms with Crippen LogP contribution in [0.25, 0.3) is 6.08 Å². The number of aromatic nitrogens is 2. The molecule has 2 heterocycles. The molecule has 9 nitrogen and oxygen atoms in total. The molecule has 31 heavy (non-hydrogen) atoms. The van der Waals surface area contributed by atoms with Crippen molar-refractivity contribution in [3.05, 3.63) is 41.6 Å². The number of ether oxygens (including phenoxy) is 2. The highest BCUT2D eigenvalue weighted by molar-refractivity contribution is 6.17. The molecule has 2 aliphatic rings. The highest BCUT2D eigenvalue weighted by Gasteiger charge is 2.33. The molecular weight excluding hydrogens is 398 g/mol. The Balaban J connectivity index is 1.52. The van der Waals surface area contributed by atoms with Crippen LogP contribution < -0.4 is 14.8 Å². The van der Waals surface area contributed by atoms with Gasteiger partial charge in [-0.2, -0.15) is 14.8 Å². The van der Waals surface area contributed by atoms with Crippen molar-refractivity contribution in [2.45, 2.75) is 26.2 Å². The molecule has 0 radical (unpaired) electrons. The van der Waals surface area contributed by atoms with Crippen LogP contribution in [0.5, 0.6) is 11.5 Å². The van der Waals surface area contributed by atoms with E-state index in [0.717, 1.165) is 30.5 Å². The summed E-state index contributed by atoms with van der Waals surface area (Å²) in [5.74, 6) is 1.00. The molecule has 1 aromatic heterocycles. The van der Waals surface area contributed by atoms with Gasteiger partial charge in [0.1, 0.15) is 5.82 Å². The van der Waals surface area contributed by atoms with E-state index in [1.54, 1.807) is 45.4 Å². The highest BCUT2D eigenvalue weighted by Crippen LogP contribution is 2.29. The Morgan fingerprint density at radius 2 is 2.00 bits per heavy atom. The standard InChI is InChI=1S/C22H23N5O4/c1-13-11-19(27(26-13)22-23-16-6-4-5-15(16)21(29)25-22)24-20(28)10-8-14-7-9-17(30-2)18(12-14)31-3/h7-12,15H,4-6H2,1-3H3,(H,24,28)/b10-8+. The molecule has 1 aliphatic carbocycles. The lowest BCUT2D eigenvalue weighted by atomic mass is 10.1. The zero-order valence-electron chi connectivity index (χ0n) is 17.6. The first-order chi connectivity index (χ1) is 15.0. The predicted octanol–water partition coefficient (Wildman–Crippen LogP) is 2.85. The van der Waals surface area contributed by atoms with Crippen LogP contribution in [0.4, 0.5) is 5.82 Å². The summed E-state index contributed by atoms with van der Waals surface area (Å²) in [6.45, 7) is 1.79. The highest BCUT2D eigenvalue weighted by atomic mass is 16.5. The van der Waals surface area contributed by atoms with E-state index < -0.39 is 0 Å². The third kappa shape index (κ3) is 4.25. The lowest BCUT2D eigenvalue weighted by Gasteiger charge is -2.15.